The van der Waals surface area contributed by atoms with E-state index in [2.05, 4.69) is 27.3 Å². The van der Waals surface area contributed by atoms with Crippen LogP contribution >= 0.6 is 0 Å². The summed E-state index contributed by atoms with van der Waals surface area (Å²) in [5.41, 5.74) is 1.90. The molecule has 0 bridgehead atoms. The Hall–Kier alpha value is -2.11. The predicted molar refractivity (Wildman–Crippen MR) is 64.8 cm³/mol. The number of rotatable bonds is 4. The molecule has 2 rings (SSSR count). The largest absolute Gasteiger partial charge is 0.361 e. The third kappa shape index (κ3) is 2.52. The lowest BCUT2D eigenvalue weighted by Crippen LogP contribution is -2.15. The number of aromatic nitrogens is 4. The van der Waals surface area contributed by atoms with Crippen LogP contribution in [0.4, 0.5) is 5.82 Å². The summed E-state index contributed by atoms with van der Waals surface area (Å²) in [6.07, 6.45) is 5.88. The molecule has 17 heavy (non-hydrogen) atoms. The Kier molecular flexibility index (Phi) is 3.22. The Morgan fingerprint density at radius 2 is 2.35 bits per heavy atom. The first-order chi connectivity index (χ1) is 8.20. The van der Waals surface area contributed by atoms with Crippen molar-refractivity contribution in [2.75, 3.05) is 5.32 Å². The van der Waals surface area contributed by atoms with Gasteiger partial charge in [0, 0.05) is 37.7 Å². The normalized spacial score (nSPS) is 10.5. The Morgan fingerprint density at radius 3 is 3.06 bits per heavy atom. The molecule has 0 amide bonds. The highest BCUT2D eigenvalue weighted by Crippen LogP contribution is 2.08. The molecule has 0 saturated carbocycles. The lowest BCUT2D eigenvalue weighted by atomic mass is 10.2. The van der Waals surface area contributed by atoms with E-state index in [1.54, 1.807) is 10.9 Å². The first kappa shape index (κ1) is 11.4. The van der Waals surface area contributed by atoms with Crippen LogP contribution in [-0.4, -0.2) is 19.7 Å². The number of hydrogen-bond acceptors (Lipinski definition) is 4. The number of hydrogen-bond donors (Lipinski definition) is 2. The van der Waals surface area contributed by atoms with Gasteiger partial charge in [-0.1, -0.05) is 6.92 Å². The van der Waals surface area contributed by atoms with Gasteiger partial charge in [-0.25, -0.2) is 4.98 Å². The van der Waals surface area contributed by atoms with Crippen molar-refractivity contribution in [3.8, 4) is 0 Å². The molecule has 2 aromatic rings. The maximum atomic E-state index is 11.4. The molecule has 2 N–H and O–H groups in total. The van der Waals surface area contributed by atoms with Crippen LogP contribution in [0.3, 0.4) is 0 Å². The number of nitrogens with zero attached hydrogens (tertiary/aromatic N) is 3. The molecule has 90 valence electrons. The molecular formula is C11H15N5O. The minimum atomic E-state index is -0.213. The second-order valence-electron chi connectivity index (χ2n) is 3.75. The van der Waals surface area contributed by atoms with Gasteiger partial charge in [-0.05, 0) is 6.42 Å². The molecule has 0 aliphatic heterocycles. The summed E-state index contributed by atoms with van der Waals surface area (Å²) in [5, 5.41) is 7.34. The Balaban J connectivity index is 2.12. The van der Waals surface area contributed by atoms with Crippen molar-refractivity contribution in [1.82, 2.24) is 19.7 Å². The number of anilines is 1. The summed E-state index contributed by atoms with van der Waals surface area (Å²) in [6.45, 7) is 2.61. The van der Waals surface area contributed by atoms with Crippen molar-refractivity contribution in [3.63, 3.8) is 0 Å². The van der Waals surface area contributed by atoms with E-state index < -0.39 is 0 Å². The van der Waals surface area contributed by atoms with E-state index >= 15 is 0 Å². The van der Waals surface area contributed by atoms with E-state index in [0.29, 0.717) is 12.4 Å². The van der Waals surface area contributed by atoms with Crippen LogP contribution < -0.4 is 10.9 Å². The summed E-state index contributed by atoms with van der Waals surface area (Å²) < 4.78 is 1.78. The van der Waals surface area contributed by atoms with Crippen LogP contribution in [0.1, 0.15) is 18.2 Å². The summed E-state index contributed by atoms with van der Waals surface area (Å²) in [6, 6.07) is 0. The van der Waals surface area contributed by atoms with Crippen molar-refractivity contribution in [1.29, 1.82) is 0 Å². The molecule has 0 fully saturated rings. The van der Waals surface area contributed by atoms with Gasteiger partial charge in [0.05, 0.1) is 5.69 Å². The fourth-order valence-corrected chi connectivity index (χ4v) is 1.69. The van der Waals surface area contributed by atoms with Crippen molar-refractivity contribution < 1.29 is 0 Å². The molecule has 0 unspecified atom stereocenters. The molecule has 0 radical (unpaired) electrons. The number of aromatic amines is 1. The molecule has 2 aromatic heterocycles. The van der Waals surface area contributed by atoms with Crippen molar-refractivity contribution in [3.05, 3.63) is 40.2 Å². The Labute approximate surface area is 98.7 Å². The maximum absolute atomic E-state index is 11.4. The molecular weight excluding hydrogens is 218 g/mol. The molecule has 0 aromatic carbocycles. The predicted octanol–water partition coefficient (Wildman–Crippen LogP) is 0.678. The highest BCUT2D eigenvalue weighted by molar-refractivity contribution is 5.32. The average Bonchev–Trinajstić information content (AvgIpc) is 2.69. The Bertz CT molecular complexity index is 557. The lowest BCUT2D eigenvalue weighted by molar-refractivity contribution is 0.746. The van der Waals surface area contributed by atoms with Gasteiger partial charge in [-0.2, -0.15) is 5.10 Å². The zero-order valence-electron chi connectivity index (χ0n) is 9.90. The van der Waals surface area contributed by atoms with Crippen LogP contribution in [0.5, 0.6) is 0 Å². The van der Waals surface area contributed by atoms with Crippen LogP contribution in [0.25, 0.3) is 0 Å². The van der Waals surface area contributed by atoms with Gasteiger partial charge in [0.15, 0.2) is 5.82 Å². The van der Waals surface area contributed by atoms with Crippen molar-refractivity contribution >= 4 is 5.82 Å². The summed E-state index contributed by atoms with van der Waals surface area (Å²) >= 11 is 0. The smallest absolute Gasteiger partial charge is 0.290 e. The first-order valence-corrected chi connectivity index (χ1v) is 5.49. The Morgan fingerprint density at radius 1 is 1.53 bits per heavy atom. The van der Waals surface area contributed by atoms with E-state index in [1.807, 2.05) is 13.2 Å². The zero-order chi connectivity index (χ0) is 12.3. The van der Waals surface area contributed by atoms with Crippen LogP contribution in [0.2, 0.25) is 0 Å². The van der Waals surface area contributed by atoms with E-state index in [9.17, 15) is 4.79 Å². The van der Waals surface area contributed by atoms with E-state index in [1.165, 1.54) is 6.20 Å². The zero-order valence-corrected chi connectivity index (χ0v) is 9.90. The molecule has 6 heteroatoms. The second-order valence-corrected chi connectivity index (χ2v) is 3.75. The van der Waals surface area contributed by atoms with Crippen molar-refractivity contribution in [2.24, 2.45) is 7.05 Å². The third-order valence-electron chi connectivity index (χ3n) is 2.48. The second kappa shape index (κ2) is 4.82. The van der Waals surface area contributed by atoms with E-state index in [4.69, 9.17) is 0 Å². The lowest BCUT2D eigenvalue weighted by Gasteiger charge is -2.03. The topological polar surface area (TPSA) is 75.6 Å². The molecule has 0 aliphatic carbocycles. The molecule has 6 nitrogen and oxygen atoms in total. The van der Waals surface area contributed by atoms with Gasteiger partial charge < -0.3 is 10.3 Å². The summed E-state index contributed by atoms with van der Waals surface area (Å²) in [5.74, 6) is 0.332. The average molecular weight is 233 g/mol. The fraction of sp³-hybridized carbons (Fsp3) is 0.364. The molecule has 2 heterocycles. The van der Waals surface area contributed by atoms with E-state index in [0.717, 1.165) is 17.7 Å². The molecule has 0 spiro atoms. The van der Waals surface area contributed by atoms with Crippen LogP contribution in [0, 0.1) is 0 Å². The minimum absolute atomic E-state index is 0.213. The number of nitrogens with one attached hydrogen (secondary N) is 2. The van der Waals surface area contributed by atoms with Crippen LogP contribution in [0.15, 0.2) is 23.4 Å². The standard InChI is InChI=1S/C11H15N5O/c1-3-9-8(7-16(2)15-9)6-14-10-11(17)13-5-4-12-10/h4-5,7H,3,6H2,1-2H3,(H,12,14)(H,13,17). The quantitative estimate of drug-likeness (QED) is 0.814. The van der Waals surface area contributed by atoms with E-state index in [-0.39, 0.29) is 5.56 Å². The molecule has 0 aliphatic rings. The number of aryl methyl sites for hydroxylation is 2. The highest BCUT2D eigenvalue weighted by Gasteiger charge is 2.06. The van der Waals surface area contributed by atoms with Gasteiger partial charge in [-0.3, -0.25) is 9.48 Å². The van der Waals surface area contributed by atoms with Gasteiger partial charge in [0.2, 0.25) is 0 Å². The third-order valence-corrected chi connectivity index (χ3v) is 2.48. The van der Waals surface area contributed by atoms with Gasteiger partial charge >= 0.3 is 0 Å². The number of H-pyrrole nitrogens is 1. The van der Waals surface area contributed by atoms with Crippen molar-refractivity contribution in [2.45, 2.75) is 19.9 Å². The molecule has 0 atom stereocenters. The monoisotopic (exact) mass is 233 g/mol. The van der Waals surface area contributed by atoms with Gasteiger partial charge in [0.1, 0.15) is 0 Å². The van der Waals surface area contributed by atoms with Gasteiger partial charge in [-0.15, -0.1) is 0 Å². The first-order valence-electron chi connectivity index (χ1n) is 5.49. The van der Waals surface area contributed by atoms with Crippen LogP contribution in [-0.2, 0) is 20.0 Å². The molecule has 0 saturated heterocycles. The fourth-order valence-electron chi connectivity index (χ4n) is 1.69. The highest BCUT2D eigenvalue weighted by atomic mass is 16.1. The minimum Gasteiger partial charge on any atom is -0.361 e. The summed E-state index contributed by atoms with van der Waals surface area (Å²) in [4.78, 5) is 17.9. The SMILES string of the molecule is CCc1nn(C)cc1CNc1ncc[nH]c1=O. The summed E-state index contributed by atoms with van der Waals surface area (Å²) in [7, 11) is 1.89. The van der Waals surface area contributed by atoms with Gasteiger partial charge in [0.25, 0.3) is 5.56 Å². The maximum Gasteiger partial charge on any atom is 0.290 e.